The summed E-state index contributed by atoms with van der Waals surface area (Å²) in [5.41, 5.74) is 0.547. The Morgan fingerprint density at radius 2 is 2.19 bits per heavy atom. The van der Waals surface area contributed by atoms with Crippen LogP contribution in [0.5, 0.6) is 0 Å². The highest BCUT2D eigenvalue weighted by molar-refractivity contribution is 7.88. The van der Waals surface area contributed by atoms with Crippen molar-refractivity contribution in [1.82, 2.24) is 18.9 Å². The Morgan fingerprint density at radius 3 is 2.86 bits per heavy atom. The summed E-state index contributed by atoms with van der Waals surface area (Å²) in [6.45, 7) is 3.22. The van der Waals surface area contributed by atoms with Gasteiger partial charge in [0.2, 0.25) is 16.0 Å². The van der Waals surface area contributed by atoms with E-state index in [1.807, 2.05) is 0 Å². The van der Waals surface area contributed by atoms with Gasteiger partial charge >= 0.3 is 0 Å². The molecular formula is C12H18FN5O2S. The summed E-state index contributed by atoms with van der Waals surface area (Å²) < 4.78 is 38.6. The summed E-state index contributed by atoms with van der Waals surface area (Å²) in [5.74, 6) is 0.00805. The lowest BCUT2D eigenvalue weighted by Gasteiger charge is -2.17. The summed E-state index contributed by atoms with van der Waals surface area (Å²) in [4.78, 5) is 4.18. The van der Waals surface area contributed by atoms with Crippen molar-refractivity contribution in [3.63, 3.8) is 0 Å². The molecule has 0 fully saturated rings. The van der Waals surface area contributed by atoms with Crippen LogP contribution in [0.25, 0.3) is 5.65 Å². The molecule has 0 bridgehead atoms. The van der Waals surface area contributed by atoms with Gasteiger partial charge in [0.1, 0.15) is 5.82 Å². The third-order valence-corrected chi connectivity index (χ3v) is 4.36. The minimum atomic E-state index is -3.16. The zero-order chi connectivity index (χ0) is 15.5. The van der Waals surface area contributed by atoms with Gasteiger partial charge in [0.25, 0.3) is 0 Å². The Kier molecular flexibility index (Phi) is 4.73. The third kappa shape index (κ3) is 4.11. The minimum Gasteiger partial charge on any atom is -0.353 e. The summed E-state index contributed by atoms with van der Waals surface area (Å²) in [6.07, 6.45) is 3.07. The van der Waals surface area contributed by atoms with Gasteiger partial charge in [0, 0.05) is 19.6 Å². The highest BCUT2D eigenvalue weighted by Gasteiger charge is 2.13. The van der Waals surface area contributed by atoms with Crippen LogP contribution in [-0.2, 0) is 10.0 Å². The van der Waals surface area contributed by atoms with Gasteiger partial charge in [-0.15, -0.1) is 5.10 Å². The molecule has 7 nitrogen and oxygen atoms in total. The smallest absolute Gasteiger partial charge is 0.243 e. The molecule has 0 saturated heterocycles. The van der Waals surface area contributed by atoms with Gasteiger partial charge in [0.05, 0.1) is 12.5 Å². The van der Waals surface area contributed by atoms with Crippen molar-refractivity contribution >= 4 is 21.6 Å². The van der Waals surface area contributed by atoms with Gasteiger partial charge in [-0.25, -0.2) is 21.6 Å². The highest BCUT2D eigenvalue weighted by atomic mass is 32.2. The van der Waals surface area contributed by atoms with E-state index in [4.69, 9.17) is 0 Å². The molecule has 0 aromatic carbocycles. The zero-order valence-electron chi connectivity index (χ0n) is 12.0. The van der Waals surface area contributed by atoms with E-state index in [1.165, 1.54) is 33.4 Å². The molecule has 2 aromatic rings. The molecule has 0 aliphatic rings. The number of aromatic nitrogens is 3. The topological polar surface area (TPSA) is 79.6 Å². The second-order valence-electron chi connectivity index (χ2n) is 4.62. The minimum absolute atomic E-state index is 0.384. The Morgan fingerprint density at radius 1 is 1.43 bits per heavy atom. The van der Waals surface area contributed by atoms with Gasteiger partial charge in [0.15, 0.2) is 5.65 Å². The molecule has 9 heteroatoms. The number of hydrogen-bond acceptors (Lipinski definition) is 5. The lowest BCUT2D eigenvalue weighted by atomic mass is 10.4. The normalized spacial score (nSPS) is 12.2. The van der Waals surface area contributed by atoms with E-state index in [9.17, 15) is 12.8 Å². The van der Waals surface area contributed by atoms with E-state index in [1.54, 1.807) is 6.92 Å². The first-order valence-corrected chi connectivity index (χ1v) is 8.46. The molecular weight excluding hydrogens is 297 g/mol. The number of hydrogen-bond donors (Lipinski definition) is 1. The van der Waals surface area contributed by atoms with Crippen LogP contribution in [0.15, 0.2) is 18.3 Å². The van der Waals surface area contributed by atoms with Gasteiger partial charge in [-0.2, -0.15) is 4.98 Å². The quantitative estimate of drug-likeness (QED) is 0.770. The number of nitrogens with zero attached hydrogens (tertiary/aromatic N) is 4. The van der Waals surface area contributed by atoms with E-state index < -0.39 is 10.0 Å². The molecule has 0 aliphatic heterocycles. The van der Waals surface area contributed by atoms with Gasteiger partial charge < -0.3 is 5.32 Å². The lowest BCUT2D eigenvalue weighted by molar-refractivity contribution is 0.428. The van der Waals surface area contributed by atoms with Crippen molar-refractivity contribution in [2.75, 3.05) is 31.2 Å². The lowest BCUT2D eigenvalue weighted by Crippen LogP contribution is -2.31. The number of nitrogens with one attached hydrogen (secondary N) is 1. The first kappa shape index (κ1) is 15.6. The Balaban J connectivity index is 1.88. The Labute approximate surface area is 122 Å². The number of pyridine rings is 1. The van der Waals surface area contributed by atoms with Crippen LogP contribution in [0.4, 0.5) is 10.3 Å². The van der Waals surface area contributed by atoms with Crippen molar-refractivity contribution < 1.29 is 12.8 Å². The summed E-state index contributed by atoms with van der Waals surface area (Å²) in [7, 11) is -3.16. The van der Waals surface area contributed by atoms with Crippen molar-refractivity contribution in [2.45, 2.75) is 13.3 Å². The molecule has 116 valence electrons. The Hall–Kier alpha value is -1.74. The zero-order valence-corrected chi connectivity index (χ0v) is 12.8. The third-order valence-electron chi connectivity index (χ3n) is 2.98. The molecule has 0 radical (unpaired) electrons. The van der Waals surface area contributed by atoms with Crippen LogP contribution in [0, 0.1) is 5.82 Å². The molecule has 0 unspecified atom stereocenters. The largest absolute Gasteiger partial charge is 0.353 e. The molecule has 1 N–H and O–H groups in total. The van der Waals surface area contributed by atoms with E-state index in [0.717, 1.165) is 0 Å². The number of anilines is 1. The SMILES string of the molecule is CCN(CCCNc1nc2ccc(F)cn2n1)S(C)(=O)=O. The predicted octanol–water partition coefficient (Wildman–Crippen LogP) is 0.952. The summed E-state index contributed by atoms with van der Waals surface area (Å²) in [6, 6.07) is 2.86. The second-order valence-corrected chi connectivity index (χ2v) is 6.60. The molecule has 21 heavy (non-hydrogen) atoms. The second kappa shape index (κ2) is 6.35. The molecule has 2 aromatic heterocycles. The average molecular weight is 315 g/mol. The van der Waals surface area contributed by atoms with Crippen molar-refractivity contribution in [3.05, 3.63) is 24.1 Å². The van der Waals surface area contributed by atoms with Crippen LogP contribution in [0.3, 0.4) is 0 Å². The average Bonchev–Trinajstić information content (AvgIpc) is 2.79. The number of sulfonamides is 1. The molecule has 2 rings (SSSR count). The first-order valence-electron chi connectivity index (χ1n) is 6.61. The molecule has 0 saturated carbocycles. The van der Waals surface area contributed by atoms with Gasteiger partial charge in [-0.05, 0) is 18.6 Å². The van der Waals surface area contributed by atoms with E-state index in [-0.39, 0.29) is 5.82 Å². The molecule has 0 spiro atoms. The van der Waals surface area contributed by atoms with Crippen molar-refractivity contribution in [1.29, 1.82) is 0 Å². The van der Waals surface area contributed by atoms with E-state index in [0.29, 0.717) is 37.7 Å². The number of rotatable bonds is 7. The number of halogens is 1. The van der Waals surface area contributed by atoms with E-state index >= 15 is 0 Å². The van der Waals surface area contributed by atoms with Crippen LogP contribution in [-0.4, -0.2) is 53.2 Å². The maximum atomic E-state index is 13.0. The molecule has 2 heterocycles. The fourth-order valence-electron chi connectivity index (χ4n) is 1.95. The highest BCUT2D eigenvalue weighted by Crippen LogP contribution is 2.07. The van der Waals surface area contributed by atoms with Gasteiger partial charge in [-0.1, -0.05) is 6.92 Å². The predicted molar refractivity (Wildman–Crippen MR) is 78.1 cm³/mol. The molecule has 0 aliphatic carbocycles. The molecule has 0 atom stereocenters. The maximum Gasteiger partial charge on any atom is 0.243 e. The van der Waals surface area contributed by atoms with Gasteiger partial charge in [-0.3, -0.25) is 0 Å². The van der Waals surface area contributed by atoms with Crippen LogP contribution >= 0.6 is 0 Å². The summed E-state index contributed by atoms with van der Waals surface area (Å²) >= 11 is 0. The van der Waals surface area contributed by atoms with Crippen LogP contribution in [0.1, 0.15) is 13.3 Å². The fraction of sp³-hybridized carbons (Fsp3) is 0.500. The van der Waals surface area contributed by atoms with Crippen molar-refractivity contribution in [2.24, 2.45) is 0 Å². The van der Waals surface area contributed by atoms with Crippen LogP contribution in [0.2, 0.25) is 0 Å². The fourth-order valence-corrected chi connectivity index (χ4v) is 2.88. The van der Waals surface area contributed by atoms with Crippen LogP contribution < -0.4 is 5.32 Å². The monoisotopic (exact) mass is 315 g/mol. The molecule has 0 amide bonds. The standard InChI is InChI=1S/C12H18FN5O2S/c1-3-17(21(2,19)20)8-4-7-14-12-15-11-6-5-10(13)9-18(11)16-12/h5-6,9H,3-4,7-8H2,1-2H3,(H,14,16). The first-order chi connectivity index (χ1) is 9.90. The van der Waals surface area contributed by atoms with E-state index in [2.05, 4.69) is 15.4 Å². The van der Waals surface area contributed by atoms with Crippen molar-refractivity contribution in [3.8, 4) is 0 Å². The number of fused-ring (bicyclic) bond motifs is 1. The summed E-state index contributed by atoms with van der Waals surface area (Å²) in [5, 5.41) is 7.08. The maximum absolute atomic E-state index is 13.0. The Bertz CT molecular complexity index is 716.